The van der Waals surface area contributed by atoms with E-state index in [0.717, 1.165) is 23.3 Å². The second kappa shape index (κ2) is 12.1. The minimum Gasteiger partial charge on any atom is -0.489 e. The van der Waals surface area contributed by atoms with Gasteiger partial charge in [-0.25, -0.2) is 8.42 Å². The number of amides is 1. The maximum Gasteiger partial charge on any atom is 0.267 e. The zero-order valence-corrected chi connectivity index (χ0v) is 20.7. The van der Waals surface area contributed by atoms with Gasteiger partial charge in [-0.15, -0.1) is 11.3 Å². The van der Waals surface area contributed by atoms with Crippen molar-refractivity contribution in [2.75, 3.05) is 26.8 Å². The number of rotatable bonds is 10. The highest BCUT2D eigenvalue weighted by molar-refractivity contribution is 7.92. The summed E-state index contributed by atoms with van der Waals surface area (Å²) in [6.45, 7) is 1.31. The normalized spacial score (nSPS) is 16.0. The van der Waals surface area contributed by atoms with Crippen molar-refractivity contribution in [2.24, 2.45) is 0 Å². The largest absolute Gasteiger partial charge is 0.489 e. The van der Waals surface area contributed by atoms with Crippen molar-refractivity contribution in [3.05, 3.63) is 52.2 Å². The number of hydrogen-bond donors (Lipinski definition) is 3. The standard InChI is InChI=1S/C22H27N3O5S3/c1-23-22(31)25-33(27,28)20-14-16(6-8-19(20)30-15-17-4-2-12-29-17)10-11-24-21(26)9-7-18-5-3-13-32-18/h3,5-9,13-14,17H,2,4,10-12,15H2,1H3,(H,24,26)(H2,23,25,31). The summed E-state index contributed by atoms with van der Waals surface area (Å²) in [5.74, 6) is 0.0115. The molecule has 1 atom stereocenters. The third kappa shape index (κ3) is 7.81. The minimum absolute atomic E-state index is 0.0143. The number of thiophene rings is 1. The van der Waals surface area contributed by atoms with E-state index < -0.39 is 10.0 Å². The smallest absolute Gasteiger partial charge is 0.267 e. The highest BCUT2D eigenvalue weighted by atomic mass is 32.2. The maximum absolute atomic E-state index is 12.9. The Labute approximate surface area is 203 Å². The Morgan fingerprint density at radius 3 is 2.91 bits per heavy atom. The van der Waals surface area contributed by atoms with Crippen LogP contribution in [0.25, 0.3) is 6.08 Å². The fourth-order valence-electron chi connectivity index (χ4n) is 3.16. The molecule has 1 amide bonds. The van der Waals surface area contributed by atoms with Gasteiger partial charge in [0, 0.05) is 31.2 Å². The molecule has 0 saturated carbocycles. The Hall–Kier alpha value is -2.47. The van der Waals surface area contributed by atoms with Gasteiger partial charge in [-0.1, -0.05) is 12.1 Å². The highest BCUT2D eigenvalue weighted by Gasteiger charge is 2.23. The van der Waals surface area contributed by atoms with Gasteiger partial charge in [0.15, 0.2) is 5.11 Å². The molecule has 8 nitrogen and oxygen atoms in total. The molecule has 0 spiro atoms. The average Bonchev–Trinajstić information content (AvgIpc) is 3.50. The molecule has 1 aromatic heterocycles. The molecule has 1 saturated heterocycles. The van der Waals surface area contributed by atoms with E-state index in [9.17, 15) is 13.2 Å². The lowest BCUT2D eigenvalue weighted by atomic mass is 10.1. The maximum atomic E-state index is 12.9. The summed E-state index contributed by atoms with van der Waals surface area (Å²) in [6.07, 6.45) is 5.47. The van der Waals surface area contributed by atoms with Crippen LogP contribution >= 0.6 is 23.6 Å². The van der Waals surface area contributed by atoms with Crippen molar-refractivity contribution in [1.82, 2.24) is 15.4 Å². The molecule has 2 aromatic rings. The SMILES string of the molecule is CNC(=S)NS(=O)(=O)c1cc(CCNC(=O)C=Cc2cccs2)ccc1OCC1CCCO1. The number of nitrogens with one attached hydrogen (secondary N) is 3. The van der Waals surface area contributed by atoms with Gasteiger partial charge in [-0.3, -0.25) is 9.52 Å². The van der Waals surface area contributed by atoms with E-state index >= 15 is 0 Å². The summed E-state index contributed by atoms with van der Waals surface area (Å²) in [5.41, 5.74) is 0.734. The van der Waals surface area contributed by atoms with E-state index in [1.807, 2.05) is 17.5 Å². The van der Waals surface area contributed by atoms with Crippen molar-refractivity contribution >= 4 is 50.7 Å². The first-order chi connectivity index (χ1) is 15.9. The number of sulfonamides is 1. The monoisotopic (exact) mass is 509 g/mol. The second-order valence-electron chi connectivity index (χ2n) is 7.30. The van der Waals surface area contributed by atoms with Gasteiger partial charge in [0.05, 0.1) is 6.10 Å². The molecule has 3 N–H and O–H groups in total. The average molecular weight is 510 g/mol. The number of benzene rings is 1. The first kappa shape index (κ1) is 25.2. The number of carbonyl (C=O) groups is 1. The topological polar surface area (TPSA) is 106 Å². The molecule has 3 rings (SSSR count). The number of carbonyl (C=O) groups excluding carboxylic acids is 1. The van der Waals surface area contributed by atoms with Crippen molar-refractivity contribution in [1.29, 1.82) is 0 Å². The van der Waals surface area contributed by atoms with Crippen molar-refractivity contribution in [3.63, 3.8) is 0 Å². The summed E-state index contributed by atoms with van der Waals surface area (Å²) in [4.78, 5) is 13.0. The number of hydrogen-bond acceptors (Lipinski definition) is 7. The Morgan fingerprint density at radius 2 is 2.21 bits per heavy atom. The Kier molecular flexibility index (Phi) is 9.24. The fraction of sp³-hybridized carbons (Fsp3) is 0.364. The molecule has 1 fully saturated rings. The molecule has 0 bridgehead atoms. The molecule has 1 aliphatic heterocycles. The van der Waals surface area contributed by atoms with Crippen molar-refractivity contribution in [2.45, 2.75) is 30.3 Å². The molecule has 1 aromatic carbocycles. The van der Waals surface area contributed by atoms with Crippen molar-refractivity contribution < 1.29 is 22.7 Å². The molecule has 0 radical (unpaired) electrons. The molecule has 1 unspecified atom stereocenters. The van der Waals surface area contributed by atoms with E-state index in [4.69, 9.17) is 21.7 Å². The van der Waals surface area contributed by atoms with E-state index in [1.54, 1.807) is 35.6 Å². The lowest BCUT2D eigenvalue weighted by Crippen LogP contribution is -2.37. The second-order valence-corrected chi connectivity index (χ2v) is 10.3. The lowest BCUT2D eigenvalue weighted by Gasteiger charge is -2.17. The van der Waals surface area contributed by atoms with Crippen LogP contribution in [0.15, 0.2) is 46.7 Å². The molecule has 2 heterocycles. The van der Waals surface area contributed by atoms with Crippen LogP contribution < -0.4 is 20.1 Å². The molecule has 0 aliphatic carbocycles. The molecule has 178 valence electrons. The predicted molar refractivity (Wildman–Crippen MR) is 133 cm³/mol. The van der Waals surface area contributed by atoms with Gasteiger partial charge in [0.1, 0.15) is 17.3 Å². The lowest BCUT2D eigenvalue weighted by molar-refractivity contribution is -0.116. The number of ether oxygens (including phenoxy) is 2. The van der Waals surface area contributed by atoms with Crippen LogP contribution in [-0.4, -0.2) is 52.3 Å². The number of thiocarbonyl (C=S) groups is 1. The summed E-state index contributed by atoms with van der Waals surface area (Å²) in [7, 11) is -2.43. The quantitative estimate of drug-likeness (QED) is 0.334. The molecule has 33 heavy (non-hydrogen) atoms. The van der Waals surface area contributed by atoms with E-state index in [2.05, 4.69) is 15.4 Å². The van der Waals surface area contributed by atoms with Crippen LogP contribution in [-0.2, 0) is 26.0 Å². The van der Waals surface area contributed by atoms with Crippen LogP contribution in [0, 0.1) is 0 Å². The Bertz CT molecular complexity index is 1080. The zero-order chi connectivity index (χ0) is 23.7. The third-order valence-corrected chi connectivity index (χ3v) is 7.50. The third-order valence-electron chi connectivity index (χ3n) is 4.86. The van der Waals surface area contributed by atoms with E-state index in [-0.39, 0.29) is 34.4 Å². The highest BCUT2D eigenvalue weighted by Crippen LogP contribution is 2.26. The molecular formula is C22H27N3O5S3. The van der Waals surface area contributed by atoms with Gasteiger partial charge in [0.25, 0.3) is 10.0 Å². The Morgan fingerprint density at radius 1 is 1.36 bits per heavy atom. The molecular weight excluding hydrogens is 482 g/mol. The summed E-state index contributed by atoms with van der Waals surface area (Å²) >= 11 is 6.51. The van der Waals surface area contributed by atoms with E-state index in [1.165, 1.54) is 13.1 Å². The van der Waals surface area contributed by atoms with Crippen LogP contribution in [0.3, 0.4) is 0 Å². The summed E-state index contributed by atoms with van der Waals surface area (Å²) in [6, 6.07) is 8.79. The zero-order valence-electron chi connectivity index (χ0n) is 18.2. The van der Waals surface area contributed by atoms with Gasteiger partial charge in [-0.2, -0.15) is 0 Å². The summed E-state index contributed by atoms with van der Waals surface area (Å²) in [5, 5.41) is 7.32. The van der Waals surface area contributed by atoms with Crippen LogP contribution in [0.2, 0.25) is 0 Å². The van der Waals surface area contributed by atoms with Gasteiger partial charge >= 0.3 is 0 Å². The molecule has 1 aliphatic rings. The van der Waals surface area contributed by atoms with Gasteiger partial charge < -0.3 is 20.1 Å². The van der Waals surface area contributed by atoms with Crippen LogP contribution in [0.5, 0.6) is 5.75 Å². The fourth-order valence-corrected chi connectivity index (χ4v) is 5.26. The first-order valence-electron chi connectivity index (χ1n) is 10.5. The molecule has 11 heteroatoms. The summed E-state index contributed by atoms with van der Waals surface area (Å²) < 4.78 is 39.5. The van der Waals surface area contributed by atoms with Crippen LogP contribution in [0.1, 0.15) is 23.3 Å². The van der Waals surface area contributed by atoms with Crippen molar-refractivity contribution in [3.8, 4) is 5.75 Å². The van der Waals surface area contributed by atoms with Gasteiger partial charge in [0.2, 0.25) is 5.91 Å². The first-order valence-corrected chi connectivity index (χ1v) is 13.3. The minimum atomic E-state index is -3.96. The predicted octanol–water partition coefficient (Wildman–Crippen LogP) is 2.46. The van der Waals surface area contributed by atoms with Gasteiger partial charge in [-0.05, 0) is 66.7 Å². The Balaban J connectivity index is 1.67. The van der Waals surface area contributed by atoms with Crippen LogP contribution in [0.4, 0.5) is 0 Å². The van der Waals surface area contributed by atoms with E-state index in [0.29, 0.717) is 19.6 Å².